The first-order chi connectivity index (χ1) is 6.65. The molecule has 0 heterocycles. The Morgan fingerprint density at radius 3 is 2.14 bits per heavy atom. The second kappa shape index (κ2) is 6.24. The highest BCUT2D eigenvalue weighted by molar-refractivity contribution is 5.48. The van der Waals surface area contributed by atoms with Crippen LogP contribution >= 0.6 is 0 Å². The Labute approximate surface area is 85.3 Å². The number of benzene rings is 1. The van der Waals surface area contributed by atoms with Gasteiger partial charge in [-0.2, -0.15) is 0 Å². The molecule has 80 valence electrons. The maximum absolute atomic E-state index is 13.1. The van der Waals surface area contributed by atoms with Crippen molar-refractivity contribution < 1.29 is 9.13 Å². The number of halogens is 1. The average Bonchev–Trinajstić information content (AvgIpc) is 2.20. The van der Waals surface area contributed by atoms with Gasteiger partial charge < -0.3 is 9.64 Å². The van der Waals surface area contributed by atoms with E-state index in [4.69, 9.17) is 4.74 Å². The molecule has 0 radical (unpaired) electrons. The minimum Gasteiger partial charge on any atom is -0.494 e. The second-order valence-corrected chi connectivity index (χ2v) is 2.71. The standard InChI is InChI=1S/C9H12FNO.C2H6/c1-11(2)7-4-5-9(12-3)8(10)6-7;1-2/h4-6H,1-3H3;1-2H3. The second-order valence-electron chi connectivity index (χ2n) is 2.71. The summed E-state index contributed by atoms with van der Waals surface area (Å²) in [7, 11) is 5.18. The summed E-state index contributed by atoms with van der Waals surface area (Å²) in [6.45, 7) is 4.00. The van der Waals surface area contributed by atoms with Crippen molar-refractivity contribution in [2.75, 3.05) is 26.1 Å². The zero-order valence-corrected chi connectivity index (χ0v) is 9.47. The van der Waals surface area contributed by atoms with E-state index in [1.54, 1.807) is 6.07 Å². The fourth-order valence-electron chi connectivity index (χ4n) is 0.933. The van der Waals surface area contributed by atoms with E-state index in [0.717, 1.165) is 5.69 Å². The molecule has 0 aliphatic carbocycles. The van der Waals surface area contributed by atoms with Gasteiger partial charge in [0.1, 0.15) is 0 Å². The van der Waals surface area contributed by atoms with Crippen molar-refractivity contribution >= 4 is 5.69 Å². The Bertz CT molecular complexity index is 274. The van der Waals surface area contributed by atoms with E-state index in [0.29, 0.717) is 0 Å². The SMILES string of the molecule is CC.COc1ccc(N(C)C)cc1F. The van der Waals surface area contributed by atoms with Crippen molar-refractivity contribution in [1.82, 2.24) is 0 Å². The summed E-state index contributed by atoms with van der Waals surface area (Å²) in [5.74, 6) is -0.0516. The van der Waals surface area contributed by atoms with Gasteiger partial charge >= 0.3 is 0 Å². The molecule has 0 saturated heterocycles. The zero-order chi connectivity index (χ0) is 11.1. The van der Waals surface area contributed by atoms with Crippen LogP contribution in [0, 0.1) is 5.82 Å². The number of methoxy groups -OCH3 is 1. The third-order valence-electron chi connectivity index (χ3n) is 1.65. The largest absolute Gasteiger partial charge is 0.494 e. The van der Waals surface area contributed by atoms with Crippen molar-refractivity contribution in [2.45, 2.75) is 13.8 Å². The van der Waals surface area contributed by atoms with Gasteiger partial charge in [-0.05, 0) is 12.1 Å². The lowest BCUT2D eigenvalue weighted by molar-refractivity contribution is 0.386. The molecule has 0 unspecified atom stereocenters. The van der Waals surface area contributed by atoms with Crippen LogP contribution in [0.2, 0.25) is 0 Å². The minimum atomic E-state index is -0.330. The van der Waals surface area contributed by atoms with Gasteiger partial charge in [-0.25, -0.2) is 4.39 Å². The third kappa shape index (κ3) is 3.24. The smallest absolute Gasteiger partial charge is 0.167 e. The van der Waals surface area contributed by atoms with E-state index in [1.807, 2.05) is 38.9 Å². The Kier molecular flexibility index (Phi) is 5.68. The van der Waals surface area contributed by atoms with Crippen LogP contribution in [0.25, 0.3) is 0 Å². The molecule has 0 spiro atoms. The Morgan fingerprint density at radius 2 is 1.79 bits per heavy atom. The molecular formula is C11H18FNO. The average molecular weight is 199 g/mol. The van der Waals surface area contributed by atoms with Crippen molar-refractivity contribution in [3.05, 3.63) is 24.0 Å². The Hall–Kier alpha value is -1.25. The summed E-state index contributed by atoms with van der Waals surface area (Å²) in [5, 5.41) is 0. The van der Waals surface area contributed by atoms with E-state index >= 15 is 0 Å². The van der Waals surface area contributed by atoms with Gasteiger partial charge in [-0.1, -0.05) is 13.8 Å². The number of anilines is 1. The minimum absolute atomic E-state index is 0.278. The maximum Gasteiger partial charge on any atom is 0.167 e. The Morgan fingerprint density at radius 1 is 1.21 bits per heavy atom. The topological polar surface area (TPSA) is 12.5 Å². The van der Waals surface area contributed by atoms with E-state index in [1.165, 1.54) is 13.2 Å². The molecule has 0 aliphatic heterocycles. The lowest BCUT2D eigenvalue weighted by Crippen LogP contribution is -2.08. The maximum atomic E-state index is 13.1. The normalized spacial score (nSPS) is 8.71. The fraction of sp³-hybridized carbons (Fsp3) is 0.455. The molecule has 0 N–H and O–H groups in total. The molecule has 14 heavy (non-hydrogen) atoms. The summed E-state index contributed by atoms with van der Waals surface area (Å²) in [6, 6.07) is 4.87. The monoisotopic (exact) mass is 199 g/mol. The van der Waals surface area contributed by atoms with Crippen LogP contribution in [0.4, 0.5) is 10.1 Å². The van der Waals surface area contributed by atoms with Crippen LogP contribution in [0.3, 0.4) is 0 Å². The molecule has 0 atom stereocenters. The van der Waals surface area contributed by atoms with Crippen LogP contribution in [-0.2, 0) is 0 Å². The van der Waals surface area contributed by atoms with Crippen molar-refractivity contribution in [3.63, 3.8) is 0 Å². The molecule has 3 heteroatoms. The molecule has 1 aromatic rings. The van der Waals surface area contributed by atoms with E-state index < -0.39 is 0 Å². The first kappa shape index (κ1) is 12.8. The number of hydrogen-bond acceptors (Lipinski definition) is 2. The number of ether oxygens (including phenoxy) is 1. The summed E-state index contributed by atoms with van der Waals surface area (Å²) in [6.07, 6.45) is 0. The molecule has 0 saturated carbocycles. The van der Waals surface area contributed by atoms with Gasteiger partial charge in [0.15, 0.2) is 11.6 Å². The van der Waals surface area contributed by atoms with Gasteiger partial charge in [0.2, 0.25) is 0 Å². The van der Waals surface area contributed by atoms with Crippen LogP contribution in [0.1, 0.15) is 13.8 Å². The van der Waals surface area contributed by atoms with Gasteiger partial charge in [-0.3, -0.25) is 0 Å². The summed E-state index contributed by atoms with van der Waals surface area (Å²) in [4.78, 5) is 1.84. The van der Waals surface area contributed by atoms with Crippen LogP contribution in [-0.4, -0.2) is 21.2 Å². The lowest BCUT2D eigenvalue weighted by atomic mass is 10.3. The van der Waals surface area contributed by atoms with Gasteiger partial charge in [0, 0.05) is 25.8 Å². The molecule has 0 aliphatic rings. The summed E-state index contributed by atoms with van der Waals surface area (Å²) in [5.41, 5.74) is 0.827. The number of nitrogens with zero attached hydrogens (tertiary/aromatic N) is 1. The van der Waals surface area contributed by atoms with Crippen molar-refractivity contribution in [2.24, 2.45) is 0 Å². The van der Waals surface area contributed by atoms with Crippen LogP contribution < -0.4 is 9.64 Å². The molecule has 0 fully saturated rings. The third-order valence-corrected chi connectivity index (χ3v) is 1.65. The molecule has 1 aromatic carbocycles. The summed E-state index contributed by atoms with van der Waals surface area (Å²) < 4.78 is 17.8. The molecule has 1 rings (SSSR count). The van der Waals surface area contributed by atoms with Gasteiger partial charge in [-0.15, -0.1) is 0 Å². The Balaban J connectivity index is 0.000000791. The zero-order valence-electron chi connectivity index (χ0n) is 9.47. The molecular weight excluding hydrogens is 181 g/mol. The van der Waals surface area contributed by atoms with E-state index in [-0.39, 0.29) is 11.6 Å². The highest BCUT2D eigenvalue weighted by Gasteiger charge is 2.03. The number of hydrogen-bond donors (Lipinski definition) is 0. The predicted octanol–water partition coefficient (Wildman–Crippen LogP) is 2.93. The van der Waals surface area contributed by atoms with Gasteiger partial charge in [0.05, 0.1) is 7.11 Å². The lowest BCUT2D eigenvalue weighted by Gasteiger charge is -2.12. The number of rotatable bonds is 2. The molecule has 2 nitrogen and oxygen atoms in total. The quantitative estimate of drug-likeness (QED) is 0.726. The van der Waals surface area contributed by atoms with E-state index in [9.17, 15) is 4.39 Å². The first-order valence-corrected chi connectivity index (χ1v) is 4.66. The molecule has 0 bridgehead atoms. The van der Waals surface area contributed by atoms with Crippen LogP contribution in [0.15, 0.2) is 18.2 Å². The van der Waals surface area contributed by atoms with Gasteiger partial charge in [0.25, 0.3) is 0 Å². The van der Waals surface area contributed by atoms with Crippen LogP contribution in [0.5, 0.6) is 5.75 Å². The van der Waals surface area contributed by atoms with Crippen molar-refractivity contribution in [1.29, 1.82) is 0 Å². The summed E-state index contributed by atoms with van der Waals surface area (Å²) >= 11 is 0. The van der Waals surface area contributed by atoms with E-state index in [2.05, 4.69) is 0 Å². The predicted molar refractivity (Wildman–Crippen MR) is 58.6 cm³/mol. The highest BCUT2D eigenvalue weighted by atomic mass is 19.1. The first-order valence-electron chi connectivity index (χ1n) is 4.66. The molecule has 0 aromatic heterocycles. The molecule has 0 amide bonds. The fourth-order valence-corrected chi connectivity index (χ4v) is 0.933. The van der Waals surface area contributed by atoms with Crippen molar-refractivity contribution in [3.8, 4) is 5.75 Å². The highest BCUT2D eigenvalue weighted by Crippen LogP contribution is 2.21.